The molecule has 0 aromatic carbocycles. The van der Waals surface area contributed by atoms with E-state index in [0.717, 1.165) is 82.9 Å². The molecule has 1 amide bonds. The minimum atomic E-state index is -0.0121. The topological polar surface area (TPSA) is 51.7 Å². The lowest BCUT2D eigenvalue weighted by molar-refractivity contribution is -0.147. The lowest BCUT2D eigenvalue weighted by atomic mass is 9.78. The summed E-state index contributed by atoms with van der Waals surface area (Å²) in [7, 11) is 0. The molecular weight excluding hydrogens is 364 g/mol. The number of carbonyl (C=O) groups excluding carboxylic acids is 1. The van der Waals surface area contributed by atoms with Crippen molar-refractivity contribution >= 4 is 5.91 Å². The Bertz CT molecular complexity index is 637. The van der Waals surface area contributed by atoms with Crippen LogP contribution in [-0.2, 0) is 9.53 Å². The molecule has 1 aliphatic carbocycles. The molecule has 4 rings (SSSR count). The second-order valence-corrected chi connectivity index (χ2v) is 9.28. The highest BCUT2D eigenvalue weighted by atomic mass is 16.5. The fourth-order valence-corrected chi connectivity index (χ4v) is 5.45. The Morgan fingerprint density at radius 1 is 1.10 bits per heavy atom. The number of aromatic nitrogens is 1. The monoisotopic (exact) mass is 400 g/mol. The number of likely N-dealkylation sites (tertiary alicyclic amines) is 1. The van der Waals surface area contributed by atoms with Crippen molar-refractivity contribution in [1.29, 1.82) is 0 Å². The summed E-state index contributed by atoms with van der Waals surface area (Å²) in [6.07, 6.45) is 16.0. The second-order valence-electron chi connectivity index (χ2n) is 9.28. The summed E-state index contributed by atoms with van der Waals surface area (Å²) in [6, 6.07) is 3.82. The van der Waals surface area contributed by atoms with E-state index >= 15 is 0 Å². The molecule has 160 valence electrons. The van der Waals surface area contributed by atoms with E-state index in [4.69, 9.17) is 9.47 Å². The highest BCUT2D eigenvalue weighted by Gasteiger charge is 2.41. The average molecular weight is 401 g/mol. The van der Waals surface area contributed by atoms with E-state index in [0.29, 0.717) is 11.8 Å². The largest absolute Gasteiger partial charge is 0.493 e. The summed E-state index contributed by atoms with van der Waals surface area (Å²) in [4.78, 5) is 18.8. The first-order chi connectivity index (χ1) is 14.2. The van der Waals surface area contributed by atoms with Gasteiger partial charge in [0.2, 0.25) is 5.91 Å². The van der Waals surface area contributed by atoms with Gasteiger partial charge < -0.3 is 14.4 Å². The predicted molar refractivity (Wildman–Crippen MR) is 113 cm³/mol. The van der Waals surface area contributed by atoms with Gasteiger partial charge in [-0.15, -0.1) is 0 Å². The smallest absolute Gasteiger partial charge is 0.222 e. The maximum absolute atomic E-state index is 12.6. The summed E-state index contributed by atoms with van der Waals surface area (Å²) >= 11 is 0. The quantitative estimate of drug-likeness (QED) is 0.671. The van der Waals surface area contributed by atoms with Gasteiger partial charge in [0.25, 0.3) is 0 Å². The summed E-state index contributed by atoms with van der Waals surface area (Å²) in [6.45, 7) is 3.32. The number of piperidine rings is 1. The van der Waals surface area contributed by atoms with Crippen LogP contribution in [0.2, 0.25) is 0 Å². The zero-order chi connectivity index (χ0) is 19.9. The minimum Gasteiger partial charge on any atom is -0.493 e. The normalized spacial score (nSPS) is 24.7. The first-order valence-electron chi connectivity index (χ1n) is 11.7. The van der Waals surface area contributed by atoms with Crippen molar-refractivity contribution < 1.29 is 14.3 Å². The Balaban J connectivity index is 1.18. The van der Waals surface area contributed by atoms with Crippen LogP contribution in [0.4, 0.5) is 0 Å². The SMILES string of the molecule is O=C(CCC1CCCC1)N1CCC2(CC1)CC(CCOc1ccncc1)CCO2. The summed E-state index contributed by atoms with van der Waals surface area (Å²) in [5, 5.41) is 0. The Labute approximate surface area is 175 Å². The first kappa shape index (κ1) is 20.6. The van der Waals surface area contributed by atoms with Crippen LogP contribution in [0, 0.1) is 11.8 Å². The van der Waals surface area contributed by atoms with E-state index in [1.165, 1.54) is 25.7 Å². The van der Waals surface area contributed by atoms with Crippen molar-refractivity contribution in [2.24, 2.45) is 11.8 Å². The Morgan fingerprint density at radius 3 is 2.62 bits per heavy atom. The maximum Gasteiger partial charge on any atom is 0.222 e. The van der Waals surface area contributed by atoms with Gasteiger partial charge in [-0.3, -0.25) is 9.78 Å². The molecule has 5 heteroatoms. The number of hydrogen-bond donors (Lipinski definition) is 0. The van der Waals surface area contributed by atoms with E-state index in [9.17, 15) is 4.79 Å². The number of carbonyl (C=O) groups is 1. The summed E-state index contributed by atoms with van der Waals surface area (Å²) < 4.78 is 12.2. The summed E-state index contributed by atoms with van der Waals surface area (Å²) in [5.41, 5.74) is -0.0121. The Hall–Kier alpha value is -1.62. The number of pyridine rings is 1. The van der Waals surface area contributed by atoms with Gasteiger partial charge in [0.15, 0.2) is 0 Å². The predicted octanol–water partition coefficient (Wildman–Crippen LogP) is 4.61. The molecule has 0 radical (unpaired) electrons. The molecule has 1 unspecified atom stereocenters. The highest BCUT2D eigenvalue weighted by Crippen LogP contribution is 2.39. The number of rotatable bonds is 7. The van der Waals surface area contributed by atoms with Crippen molar-refractivity contribution in [2.45, 2.75) is 76.2 Å². The first-order valence-corrected chi connectivity index (χ1v) is 11.7. The number of hydrogen-bond acceptors (Lipinski definition) is 4. The zero-order valence-corrected chi connectivity index (χ0v) is 17.7. The Morgan fingerprint density at radius 2 is 1.86 bits per heavy atom. The third-order valence-electron chi connectivity index (χ3n) is 7.31. The van der Waals surface area contributed by atoms with E-state index in [1.54, 1.807) is 12.4 Å². The highest BCUT2D eigenvalue weighted by molar-refractivity contribution is 5.76. The van der Waals surface area contributed by atoms with Crippen molar-refractivity contribution in [3.8, 4) is 5.75 Å². The van der Waals surface area contributed by atoms with E-state index < -0.39 is 0 Å². The van der Waals surface area contributed by atoms with Crippen molar-refractivity contribution in [1.82, 2.24) is 9.88 Å². The fourth-order valence-electron chi connectivity index (χ4n) is 5.45. The molecule has 0 bridgehead atoms. The fraction of sp³-hybridized carbons (Fsp3) is 0.750. The standard InChI is InChI=1S/C24H36N2O3/c27-23(6-5-20-3-1-2-4-20)26-15-11-24(12-16-26)19-21(10-18-29-24)9-17-28-22-7-13-25-14-8-22/h7-8,13-14,20-21H,1-6,9-12,15-19H2. The lowest BCUT2D eigenvalue weighted by Crippen LogP contribution is -2.50. The Kier molecular flexibility index (Phi) is 7.06. The van der Waals surface area contributed by atoms with E-state index in [-0.39, 0.29) is 5.60 Å². The molecule has 3 fully saturated rings. The van der Waals surface area contributed by atoms with Gasteiger partial charge in [-0.2, -0.15) is 0 Å². The van der Waals surface area contributed by atoms with Crippen LogP contribution in [0.5, 0.6) is 5.75 Å². The maximum atomic E-state index is 12.6. The van der Waals surface area contributed by atoms with Gasteiger partial charge >= 0.3 is 0 Å². The average Bonchev–Trinajstić information content (AvgIpc) is 3.27. The molecular formula is C24H36N2O3. The van der Waals surface area contributed by atoms with E-state index in [2.05, 4.69) is 9.88 Å². The van der Waals surface area contributed by atoms with Gasteiger partial charge in [0.1, 0.15) is 5.75 Å². The molecule has 29 heavy (non-hydrogen) atoms. The molecule has 3 aliphatic rings. The second kappa shape index (κ2) is 9.92. The van der Waals surface area contributed by atoms with Gasteiger partial charge in [0, 0.05) is 38.5 Å². The van der Waals surface area contributed by atoms with Crippen molar-refractivity contribution in [2.75, 3.05) is 26.3 Å². The number of amides is 1. The number of nitrogens with zero attached hydrogens (tertiary/aromatic N) is 2. The van der Waals surface area contributed by atoms with Crippen LogP contribution in [0.1, 0.15) is 70.6 Å². The number of ether oxygens (including phenoxy) is 2. The molecule has 1 spiro atoms. The molecule has 2 aliphatic heterocycles. The summed E-state index contributed by atoms with van der Waals surface area (Å²) in [5.74, 6) is 2.71. The van der Waals surface area contributed by atoms with Crippen LogP contribution in [-0.4, -0.2) is 47.7 Å². The third-order valence-corrected chi connectivity index (χ3v) is 7.31. The molecule has 1 saturated carbocycles. The molecule has 0 N–H and O–H groups in total. The zero-order valence-electron chi connectivity index (χ0n) is 17.7. The van der Waals surface area contributed by atoms with Crippen LogP contribution in [0.15, 0.2) is 24.5 Å². The van der Waals surface area contributed by atoms with E-state index in [1.807, 2.05) is 12.1 Å². The van der Waals surface area contributed by atoms with Crippen LogP contribution in [0.25, 0.3) is 0 Å². The van der Waals surface area contributed by atoms with Crippen LogP contribution < -0.4 is 4.74 Å². The van der Waals surface area contributed by atoms with Crippen LogP contribution >= 0.6 is 0 Å². The molecule has 1 atom stereocenters. The molecule has 3 heterocycles. The van der Waals surface area contributed by atoms with Gasteiger partial charge in [-0.25, -0.2) is 0 Å². The van der Waals surface area contributed by atoms with Crippen molar-refractivity contribution in [3.05, 3.63) is 24.5 Å². The molecule has 2 saturated heterocycles. The lowest BCUT2D eigenvalue weighted by Gasteiger charge is -2.46. The van der Waals surface area contributed by atoms with Gasteiger partial charge in [0.05, 0.1) is 12.2 Å². The van der Waals surface area contributed by atoms with Crippen molar-refractivity contribution in [3.63, 3.8) is 0 Å². The molecule has 5 nitrogen and oxygen atoms in total. The minimum absolute atomic E-state index is 0.0121. The molecule has 1 aromatic heterocycles. The van der Waals surface area contributed by atoms with Crippen LogP contribution in [0.3, 0.4) is 0 Å². The third kappa shape index (κ3) is 5.71. The van der Waals surface area contributed by atoms with Gasteiger partial charge in [-0.05, 0) is 62.5 Å². The van der Waals surface area contributed by atoms with Gasteiger partial charge in [-0.1, -0.05) is 25.7 Å². The molecule has 1 aromatic rings.